The Kier molecular flexibility index (Phi) is 5.30. The summed E-state index contributed by atoms with van der Waals surface area (Å²) in [6.45, 7) is 2.87. The maximum atomic E-state index is 11.2. The van der Waals surface area contributed by atoms with Crippen molar-refractivity contribution in [3.8, 4) is 0 Å². The first kappa shape index (κ1) is 17.6. The predicted molar refractivity (Wildman–Crippen MR) is 108 cm³/mol. The molecule has 0 radical (unpaired) electrons. The SMILES string of the molecule is O[C@H](CN1CCCCC1)[C@H](c1ccccc1)n1ccc2cc(Cl)ccc21. The third kappa shape index (κ3) is 3.66. The molecule has 1 saturated heterocycles. The second-order valence-electron chi connectivity index (χ2n) is 7.21. The lowest BCUT2D eigenvalue weighted by Gasteiger charge is -2.33. The number of rotatable bonds is 5. The number of aliphatic hydroxyl groups is 1. The molecule has 1 N–H and O–H groups in total. The molecule has 3 aromatic rings. The third-order valence-corrected chi connectivity index (χ3v) is 5.62. The van der Waals surface area contributed by atoms with Crippen molar-refractivity contribution >= 4 is 22.5 Å². The van der Waals surface area contributed by atoms with Crippen molar-refractivity contribution in [3.63, 3.8) is 0 Å². The van der Waals surface area contributed by atoms with E-state index in [4.69, 9.17) is 11.6 Å². The molecule has 26 heavy (non-hydrogen) atoms. The second kappa shape index (κ2) is 7.83. The van der Waals surface area contributed by atoms with Gasteiger partial charge in [0.2, 0.25) is 0 Å². The predicted octanol–water partition coefficient (Wildman–Crippen LogP) is 4.73. The largest absolute Gasteiger partial charge is 0.389 e. The molecule has 0 aliphatic carbocycles. The quantitative estimate of drug-likeness (QED) is 0.705. The van der Waals surface area contributed by atoms with Crippen LogP contribution in [-0.4, -0.2) is 40.3 Å². The number of hydrogen-bond acceptors (Lipinski definition) is 2. The van der Waals surface area contributed by atoms with E-state index in [0.29, 0.717) is 6.54 Å². The van der Waals surface area contributed by atoms with Crippen molar-refractivity contribution in [3.05, 3.63) is 71.4 Å². The van der Waals surface area contributed by atoms with Crippen molar-refractivity contribution in [2.45, 2.75) is 31.4 Å². The highest BCUT2D eigenvalue weighted by atomic mass is 35.5. The van der Waals surface area contributed by atoms with Crippen LogP contribution >= 0.6 is 11.6 Å². The van der Waals surface area contributed by atoms with Crippen molar-refractivity contribution < 1.29 is 5.11 Å². The summed E-state index contributed by atoms with van der Waals surface area (Å²) in [5.74, 6) is 0. The Bertz CT molecular complexity index is 855. The fourth-order valence-electron chi connectivity index (χ4n) is 4.10. The molecule has 3 nitrogen and oxygen atoms in total. The highest BCUT2D eigenvalue weighted by Gasteiger charge is 2.26. The van der Waals surface area contributed by atoms with E-state index in [1.165, 1.54) is 19.3 Å². The fraction of sp³-hybridized carbons (Fsp3) is 0.364. The summed E-state index contributed by atoms with van der Waals surface area (Å²) in [5.41, 5.74) is 2.23. The summed E-state index contributed by atoms with van der Waals surface area (Å²) in [7, 11) is 0. The molecule has 2 atom stereocenters. The van der Waals surface area contributed by atoms with Gasteiger partial charge < -0.3 is 14.6 Å². The highest BCUT2D eigenvalue weighted by molar-refractivity contribution is 6.31. The molecule has 0 spiro atoms. The van der Waals surface area contributed by atoms with Crippen LogP contribution in [0.3, 0.4) is 0 Å². The van der Waals surface area contributed by atoms with Gasteiger partial charge in [-0.1, -0.05) is 48.4 Å². The van der Waals surface area contributed by atoms with Crippen LogP contribution in [-0.2, 0) is 0 Å². The number of benzene rings is 2. The zero-order valence-electron chi connectivity index (χ0n) is 14.9. The van der Waals surface area contributed by atoms with Gasteiger partial charge in [-0.25, -0.2) is 0 Å². The summed E-state index contributed by atoms with van der Waals surface area (Å²) >= 11 is 6.15. The minimum atomic E-state index is -0.471. The van der Waals surface area contributed by atoms with E-state index in [2.05, 4.69) is 33.9 Å². The average molecular weight is 369 g/mol. The number of piperidine rings is 1. The Labute approximate surface area is 159 Å². The van der Waals surface area contributed by atoms with Crippen LogP contribution in [0.25, 0.3) is 10.9 Å². The van der Waals surface area contributed by atoms with E-state index < -0.39 is 6.10 Å². The number of hydrogen-bond donors (Lipinski definition) is 1. The van der Waals surface area contributed by atoms with Crippen molar-refractivity contribution in [1.29, 1.82) is 0 Å². The molecule has 1 aliphatic heterocycles. The first-order chi connectivity index (χ1) is 12.7. The van der Waals surface area contributed by atoms with Crippen LogP contribution in [0.15, 0.2) is 60.8 Å². The molecule has 4 rings (SSSR count). The summed E-state index contributed by atoms with van der Waals surface area (Å²) in [4.78, 5) is 2.40. The third-order valence-electron chi connectivity index (χ3n) is 5.38. The van der Waals surface area contributed by atoms with Crippen LogP contribution < -0.4 is 0 Å². The fourth-order valence-corrected chi connectivity index (χ4v) is 4.28. The molecule has 136 valence electrons. The number of aromatic nitrogens is 1. The van der Waals surface area contributed by atoms with Gasteiger partial charge in [0.05, 0.1) is 12.1 Å². The topological polar surface area (TPSA) is 28.4 Å². The Balaban J connectivity index is 1.70. The number of fused-ring (bicyclic) bond motifs is 1. The highest BCUT2D eigenvalue weighted by Crippen LogP contribution is 2.30. The standard InChI is InChI=1S/C22H25ClN2O/c23-19-9-10-20-18(15-19)11-14-25(20)22(17-7-3-1-4-8-17)21(26)16-24-12-5-2-6-13-24/h1,3-4,7-11,14-15,21-22,26H,2,5-6,12-13,16H2/t21-,22+/m1/s1. The van der Waals surface area contributed by atoms with Crippen molar-refractivity contribution in [1.82, 2.24) is 9.47 Å². The number of aliphatic hydroxyl groups excluding tert-OH is 1. The minimum Gasteiger partial charge on any atom is -0.389 e. The molecular weight excluding hydrogens is 344 g/mol. The molecule has 1 aliphatic rings. The van der Waals surface area contributed by atoms with Crippen molar-refractivity contribution in [2.75, 3.05) is 19.6 Å². The van der Waals surface area contributed by atoms with E-state index in [1.807, 2.05) is 36.4 Å². The van der Waals surface area contributed by atoms with Gasteiger partial charge in [-0.05, 0) is 55.8 Å². The summed E-state index contributed by atoms with van der Waals surface area (Å²) in [5, 5.41) is 13.0. The Morgan fingerprint density at radius 1 is 0.962 bits per heavy atom. The molecule has 0 saturated carbocycles. The van der Waals surface area contributed by atoms with Crippen LogP contribution in [0.4, 0.5) is 0 Å². The lowest BCUT2D eigenvalue weighted by Crippen LogP contribution is -2.40. The maximum absolute atomic E-state index is 11.2. The van der Waals surface area contributed by atoms with Gasteiger partial charge in [-0.3, -0.25) is 0 Å². The number of nitrogens with zero attached hydrogens (tertiary/aromatic N) is 2. The monoisotopic (exact) mass is 368 g/mol. The molecule has 0 unspecified atom stereocenters. The molecule has 2 heterocycles. The van der Waals surface area contributed by atoms with Crippen LogP contribution in [0.1, 0.15) is 30.9 Å². The van der Waals surface area contributed by atoms with Crippen LogP contribution in [0.2, 0.25) is 5.02 Å². The van der Waals surface area contributed by atoms with E-state index in [-0.39, 0.29) is 6.04 Å². The first-order valence-corrected chi connectivity index (χ1v) is 9.81. The van der Waals surface area contributed by atoms with Crippen LogP contribution in [0, 0.1) is 0 Å². The van der Waals surface area contributed by atoms with E-state index in [1.54, 1.807) is 0 Å². The Morgan fingerprint density at radius 3 is 2.50 bits per heavy atom. The summed E-state index contributed by atoms with van der Waals surface area (Å²) < 4.78 is 2.19. The van der Waals surface area contributed by atoms with Crippen LogP contribution in [0.5, 0.6) is 0 Å². The van der Waals surface area contributed by atoms with Gasteiger partial charge in [0.15, 0.2) is 0 Å². The van der Waals surface area contributed by atoms with Gasteiger partial charge in [-0.15, -0.1) is 0 Å². The lowest BCUT2D eigenvalue weighted by molar-refractivity contribution is 0.0737. The molecule has 2 aromatic carbocycles. The van der Waals surface area contributed by atoms with Gasteiger partial charge in [-0.2, -0.15) is 0 Å². The summed E-state index contributed by atoms with van der Waals surface area (Å²) in [6.07, 6.45) is 5.36. The molecule has 4 heteroatoms. The number of likely N-dealkylation sites (tertiary alicyclic amines) is 1. The smallest absolute Gasteiger partial charge is 0.0915 e. The molecule has 0 amide bonds. The van der Waals surface area contributed by atoms with Gasteiger partial charge in [0.25, 0.3) is 0 Å². The maximum Gasteiger partial charge on any atom is 0.0915 e. The number of β-amino-alcohol motifs (C(OH)–C–C–N with tert-alkyl or cyclic N) is 1. The average Bonchev–Trinajstić information content (AvgIpc) is 3.06. The number of halogens is 1. The minimum absolute atomic E-state index is 0.114. The zero-order chi connectivity index (χ0) is 17.9. The molecular formula is C22H25ClN2O. The normalized spacial score (nSPS) is 18.1. The first-order valence-electron chi connectivity index (χ1n) is 9.44. The van der Waals surface area contributed by atoms with Crippen molar-refractivity contribution in [2.24, 2.45) is 0 Å². The lowest BCUT2D eigenvalue weighted by atomic mass is 9.99. The van der Waals surface area contributed by atoms with E-state index in [9.17, 15) is 5.11 Å². The Hall–Kier alpha value is -1.81. The second-order valence-corrected chi connectivity index (χ2v) is 7.65. The van der Waals surface area contributed by atoms with E-state index >= 15 is 0 Å². The van der Waals surface area contributed by atoms with E-state index in [0.717, 1.165) is 34.6 Å². The molecule has 1 fully saturated rings. The summed E-state index contributed by atoms with van der Waals surface area (Å²) in [6, 6.07) is 18.2. The van der Waals surface area contributed by atoms with Gasteiger partial charge in [0, 0.05) is 28.7 Å². The zero-order valence-corrected chi connectivity index (χ0v) is 15.6. The Morgan fingerprint density at radius 2 is 1.73 bits per heavy atom. The van der Waals surface area contributed by atoms with Gasteiger partial charge in [0.1, 0.15) is 0 Å². The van der Waals surface area contributed by atoms with Gasteiger partial charge >= 0.3 is 0 Å². The molecule has 1 aromatic heterocycles. The molecule has 0 bridgehead atoms.